The van der Waals surface area contributed by atoms with Crippen molar-refractivity contribution < 1.29 is 32.8 Å². The highest BCUT2D eigenvalue weighted by atomic mass is 19.1. The first-order valence-electron chi connectivity index (χ1n) is 13.4. The molecule has 1 aromatic heterocycles. The van der Waals surface area contributed by atoms with Crippen LogP contribution in [0, 0.1) is 5.82 Å². The van der Waals surface area contributed by atoms with Gasteiger partial charge in [0.15, 0.2) is 5.89 Å². The summed E-state index contributed by atoms with van der Waals surface area (Å²) in [6.45, 7) is 1.24. The normalized spacial score (nSPS) is 19.4. The summed E-state index contributed by atoms with van der Waals surface area (Å²) >= 11 is 0. The number of fused-ring (bicyclic) bond motifs is 1. The monoisotopic (exact) mass is 559 g/mol. The number of nitrogens with one attached hydrogen (secondary N) is 2. The van der Waals surface area contributed by atoms with Crippen LogP contribution >= 0.6 is 0 Å². The second-order valence-corrected chi connectivity index (χ2v) is 10.3. The maximum absolute atomic E-state index is 13.3. The Kier molecular flexibility index (Phi) is 6.82. The van der Waals surface area contributed by atoms with E-state index < -0.39 is 29.7 Å². The van der Waals surface area contributed by atoms with E-state index in [0.29, 0.717) is 48.8 Å². The molecule has 0 bridgehead atoms. The van der Waals surface area contributed by atoms with Crippen molar-refractivity contribution in [2.75, 3.05) is 18.4 Å². The largest absolute Gasteiger partial charge is 0.444 e. The number of rotatable bonds is 6. The highest BCUT2D eigenvalue weighted by molar-refractivity contribution is 6.25. The standard InChI is InChI=1S/C29H26FN5O6/c30-18-6-4-17(5-7-18)27(38)34-12-10-16(11-13-34)26-32-15-19(41-26)14-31-21-3-1-2-20-24(21)29(40)35(28(20)39)22-8-9-23(36)33-25(22)37/h1-7,15-16,22,31H,8-14H2,(H,33,36,37). The highest BCUT2D eigenvalue weighted by Gasteiger charge is 2.45. The molecule has 210 valence electrons. The predicted molar refractivity (Wildman–Crippen MR) is 141 cm³/mol. The molecule has 41 heavy (non-hydrogen) atoms. The lowest BCUT2D eigenvalue weighted by atomic mass is 9.96. The molecule has 2 fully saturated rings. The summed E-state index contributed by atoms with van der Waals surface area (Å²) < 4.78 is 19.2. The first kappa shape index (κ1) is 26.4. The van der Waals surface area contributed by atoms with E-state index in [0.717, 1.165) is 4.90 Å². The van der Waals surface area contributed by atoms with Crippen LogP contribution in [0.15, 0.2) is 53.1 Å². The first-order chi connectivity index (χ1) is 19.8. The summed E-state index contributed by atoms with van der Waals surface area (Å²) in [7, 11) is 0. The fourth-order valence-corrected chi connectivity index (χ4v) is 5.54. The molecule has 4 heterocycles. The number of likely N-dealkylation sites (tertiary alicyclic amines) is 1. The van der Waals surface area contributed by atoms with Crippen molar-refractivity contribution in [1.29, 1.82) is 0 Å². The number of imide groups is 2. The summed E-state index contributed by atoms with van der Waals surface area (Å²) in [6, 6.07) is 9.32. The van der Waals surface area contributed by atoms with Crippen molar-refractivity contribution in [2.24, 2.45) is 0 Å². The molecule has 5 amide bonds. The van der Waals surface area contributed by atoms with Crippen LogP contribution in [0.2, 0.25) is 0 Å². The Balaban J connectivity index is 1.08. The molecule has 6 rings (SSSR count). The van der Waals surface area contributed by atoms with Gasteiger partial charge in [-0.1, -0.05) is 6.07 Å². The average molecular weight is 560 g/mol. The van der Waals surface area contributed by atoms with E-state index in [2.05, 4.69) is 15.6 Å². The summed E-state index contributed by atoms with van der Waals surface area (Å²) in [6.07, 6.45) is 3.06. The van der Waals surface area contributed by atoms with Gasteiger partial charge in [-0.3, -0.25) is 34.2 Å². The molecule has 12 heteroatoms. The minimum absolute atomic E-state index is 0.0308. The number of oxazole rings is 1. The zero-order valence-electron chi connectivity index (χ0n) is 21.9. The van der Waals surface area contributed by atoms with Gasteiger partial charge < -0.3 is 14.6 Å². The van der Waals surface area contributed by atoms with Crippen LogP contribution in [0.25, 0.3) is 0 Å². The van der Waals surface area contributed by atoms with E-state index in [1.165, 1.54) is 30.3 Å². The van der Waals surface area contributed by atoms with Gasteiger partial charge in [0.2, 0.25) is 11.8 Å². The molecule has 2 saturated heterocycles. The number of hydrogen-bond acceptors (Lipinski definition) is 8. The van der Waals surface area contributed by atoms with Gasteiger partial charge in [-0.15, -0.1) is 0 Å². The van der Waals surface area contributed by atoms with Crippen LogP contribution in [0.5, 0.6) is 0 Å². The van der Waals surface area contributed by atoms with Crippen LogP contribution in [0.1, 0.15) is 74.3 Å². The van der Waals surface area contributed by atoms with E-state index in [1.54, 1.807) is 23.2 Å². The predicted octanol–water partition coefficient (Wildman–Crippen LogP) is 2.85. The molecule has 0 aliphatic carbocycles. The van der Waals surface area contributed by atoms with Gasteiger partial charge in [-0.2, -0.15) is 0 Å². The number of carbonyl (C=O) groups is 5. The fourth-order valence-electron chi connectivity index (χ4n) is 5.54. The molecule has 0 spiro atoms. The zero-order chi connectivity index (χ0) is 28.7. The lowest BCUT2D eigenvalue weighted by Gasteiger charge is -2.30. The van der Waals surface area contributed by atoms with Crippen LogP contribution in [0.4, 0.5) is 10.1 Å². The third-order valence-electron chi connectivity index (χ3n) is 7.72. The number of anilines is 1. The highest BCUT2D eigenvalue weighted by Crippen LogP contribution is 2.33. The zero-order valence-corrected chi connectivity index (χ0v) is 21.9. The number of aromatic nitrogens is 1. The molecule has 3 aliphatic heterocycles. The molecular formula is C29H26FN5O6. The molecule has 3 aliphatic rings. The minimum atomic E-state index is -1.04. The van der Waals surface area contributed by atoms with Crippen molar-refractivity contribution >= 4 is 35.2 Å². The van der Waals surface area contributed by atoms with Crippen molar-refractivity contribution in [3.05, 3.63) is 82.8 Å². The Hall–Kier alpha value is -4.87. The Morgan fingerprint density at radius 3 is 2.51 bits per heavy atom. The minimum Gasteiger partial charge on any atom is -0.444 e. The molecule has 1 atom stereocenters. The van der Waals surface area contributed by atoms with E-state index in [1.807, 2.05) is 0 Å². The maximum atomic E-state index is 13.3. The average Bonchev–Trinajstić information content (AvgIpc) is 3.55. The topological polar surface area (TPSA) is 142 Å². The third-order valence-corrected chi connectivity index (χ3v) is 7.72. The lowest BCUT2D eigenvalue weighted by molar-refractivity contribution is -0.136. The molecule has 2 aromatic carbocycles. The molecule has 1 unspecified atom stereocenters. The van der Waals surface area contributed by atoms with E-state index in [9.17, 15) is 28.4 Å². The number of piperidine rings is 2. The van der Waals surface area contributed by atoms with Gasteiger partial charge in [0.1, 0.15) is 17.6 Å². The Bertz CT molecular complexity index is 1560. The van der Waals surface area contributed by atoms with Crippen molar-refractivity contribution in [3.8, 4) is 0 Å². The van der Waals surface area contributed by atoms with Crippen molar-refractivity contribution in [3.63, 3.8) is 0 Å². The van der Waals surface area contributed by atoms with Gasteiger partial charge in [0, 0.05) is 36.7 Å². The number of amides is 5. The van der Waals surface area contributed by atoms with E-state index >= 15 is 0 Å². The Morgan fingerprint density at radius 2 is 1.78 bits per heavy atom. The number of hydrogen-bond donors (Lipinski definition) is 2. The third kappa shape index (κ3) is 4.96. The Morgan fingerprint density at radius 1 is 1.02 bits per heavy atom. The van der Waals surface area contributed by atoms with Gasteiger partial charge in [0.25, 0.3) is 17.7 Å². The second-order valence-electron chi connectivity index (χ2n) is 10.3. The number of nitrogens with zero attached hydrogens (tertiary/aromatic N) is 3. The number of benzene rings is 2. The summed E-state index contributed by atoms with van der Waals surface area (Å²) in [5, 5.41) is 5.34. The van der Waals surface area contributed by atoms with E-state index in [-0.39, 0.29) is 48.2 Å². The maximum Gasteiger partial charge on any atom is 0.264 e. The fraction of sp³-hybridized carbons (Fsp3) is 0.310. The molecular weight excluding hydrogens is 533 g/mol. The molecule has 2 N–H and O–H groups in total. The van der Waals surface area contributed by atoms with E-state index in [4.69, 9.17) is 4.42 Å². The van der Waals surface area contributed by atoms with Gasteiger partial charge in [-0.05, 0) is 55.7 Å². The molecule has 3 aromatic rings. The summed E-state index contributed by atoms with van der Waals surface area (Å²) in [4.78, 5) is 70.0. The smallest absolute Gasteiger partial charge is 0.264 e. The second kappa shape index (κ2) is 10.6. The quantitative estimate of drug-likeness (QED) is 0.439. The van der Waals surface area contributed by atoms with Gasteiger partial charge >= 0.3 is 0 Å². The van der Waals surface area contributed by atoms with Crippen LogP contribution < -0.4 is 10.6 Å². The van der Waals surface area contributed by atoms with Crippen LogP contribution in [0.3, 0.4) is 0 Å². The Labute approximate surface area is 233 Å². The molecule has 0 saturated carbocycles. The van der Waals surface area contributed by atoms with Crippen molar-refractivity contribution in [1.82, 2.24) is 20.1 Å². The summed E-state index contributed by atoms with van der Waals surface area (Å²) in [5.74, 6) is -1.67. The van der Waals surface area contributed by atoms with Crippen molar-refractivity contribution in [2.45, 2.75) is 44.2 Å². The van der Waals surface area contributed by atoms with Gasteiger partial charge in [-0.25, -0.2) is 9.37 Å². The summed E-state index contributed by atoms with van der Waals surface area (Å²) in [5.41, 5.74) is 1.22. The molecule has 0 radical (unpaired) electrons. The van der Waals surface area contributed by atoms with Crippen LogP contribution in [-0.2, 0) is 16.1 Å². The molecule has 11 nitrogen and oxygen atoms in total. The van der Waals surface area contributed by atoms with Gasteiger partial charge in [0.05, 0.1) is 23.9 Å². The lowest BCUT2D eigenvalue weighted by Crippen LogP contribution is -2.54. The number of carbonyl (C=O) groups excluding carboxylic acids is 5. The number of halogens is 1. The first-order valence-corrected chi connectivity index (χ1v) is 13.4. The van der Waals surface area contributed by atoms with Crippen LogP contribution in [-0.4, -0.2) is 63.5 Å². The SMILES string of the molecule is O=C1CCC(N2C(=O)c3cccc(NCc4cnc(C5CCN(C(=O)c6ccc(F)cc6)CC5)o4)c3C2=O)C(=O)N1.